The minimum atomic E-state index is 0.0833. The van der Waals surface area contributed by atoms with Crippen LogP contribution in [0.1, 0.15) is 47.7 Å². The maximum atomic E-state index is 5.70. The van der Waals surface area contributed by atoms with Crippen molar-refractivity contribution in [3.05, 3.63) is 27.7 Å². The summed E-state index contributed by atoms with van der Waals surface area (Å²) in [6, 6.07) is 2.49. The molecule has 4 heterocycles. The molecule has 6 heteroatoms. The Kier molecular flexibility index (Phi) is 3.00. The SMILES string of the molecule is Cc1ccsc1C1CCNc2nc(C3CCCO3)nn21. The lowest BCUT2D eigenvalue weighted by Gasteiger charge is -2.24. The van der Waals surface area contributed by atoms with Crippen LogP contribution in [0.3, 0.4) is 0 Å². The van der Waals surface area contributed by atoms with E-state index in [-0.39, 0.29) is 6.10 Å². The smallest absolute Gasteiger partial charge is 0.222 e. The van der Waals surface area contributed by atoms with Gasteiger partial charge in [0.1, 0.15) is 6.10 Å². The third-order valence-corrected chi connectivity index (χ3v) is 5.19. The van der Waals surface area contributed by atoms with Crippen LogP contribution in [0.15, 0.2) is 11.4 Å². The third-order valence-electron chi connectivity index (χ3n) is 4.07. The predicted octanol–water partition coefficient (Wildman–Crippen LogP) is 2.90. The third kappa shape index (κ3) is 1.94. The van der Waals surface area contributed by atoms with Gasteiger partial charge < -0.3 is 10.1 Å². The van der Waals surface area contributed by atoms with E-state index in [1.54, 1.807) is 0 Å². The number of rotatable bonds is 2. The van der Waals surface area contributed by atoms with Crippen LogP contribution >= 0.6 is 11.3 Å². The van der Waals surface area contributed by atoms with E-state index in [0.29, 0.717) is 6.04 Å². The standard InChI is InChI=1S/C14H18N4OS/c1-9-5-8-20-12(9)10-4-6-15-14-16-13(17-18(10)14)11-3-2-7-19-11/h5,8,10-11H,2-4,6-7H2,1H3,(H,15,16,17). The highest BCUT2D eigenvalue weighted by Gasteiger charge is 2.29. The van der Waals surface area contributed by atoms with Crippen LogP contribution in [0.5, 0.6) is 0 Å². The number of hydrogen-bond donors (Lipinski definition) is 1. The van der Waals surface area contributed by atoms with Crippen molar-refractivity contribution in [1.82, 2.24) is 14.8 Å². The van der Waals surface area contributed by atoms with Crippen molar-refractivity contribution >= 4 is 17.3 Å². The van der Waals surface area contributed by atoms with Crippen LogP contribution in [0.4, 0.5) is 5.95 Å². The number of hydrogen-bond acceptors (Lipinski definition) is 5. The number of aryl methyl sites for hydroxylation is 1. The van der Waals surface area contributed by atoms with Gasteiger partial charge in [-0.2, -0.15) is 10.1 Å². The highest BCUT2D eigenvalue weighted by atomic mass is 32.1. The molecule has 0 aromatic carbocycles. The normalized spacial score (nSPS) is 25.4. The maximum absolute atomic E-state index is 5.70. The summed E-state index contributed by atoms with van der Waals surface area (Å²) < 4.78 is 7.76. The zero-order valence-electron chi connectivity index (χ0n) is 11.5. The summed E-state index contributed by atoms with van der Waals surface area (Å²) in [5.41, 5.74) is 1.35. The van der Waals surface area contributed by atoms with Gasteiger partial charge in [-0.3, -0.25) is 0 Å². The highest BCUT2D eigenvalue weighted by Crippen LogP contribution is 2.35. The minimum Gasteiger partial charge on any atom is -0.370 e. The van der Waals surface area contributed by atoms with Gasteiger partial charge >= 0.3 is 0 Å². The second-order valence-corrected chi connectivity index (χ2v) is 6.39. The molecule has 2 aromatic heterocycles. The molecule has 20 heavy (non-hydrogen) atoms. The predicted molar refractivity (Wildman–Crippen MR) is 78.3 cm³/mol. The molecule has 2 aromatic rings. The van der Waals surface area contributed by atoms with Crippen molar-refractivity contribution in [1.29, 1.82) is 0 Å². The topological polar surface area (TPSA) is 52.0 Å². The average Bonchev–Trinajstić information content (AvgIpc) is 3.17. The molecule has 0 aliphatic carbocycles. The number of aromatic nitrogens is 3. The van der Waals surface area contributed by atoms with Gasteiger partial charge in [-0.05, 0) is 43.2 Å². The first-order chi connectivity index (χ1) is 9.83. The monoisotopic (exact) mass is 290 g/mol. The molecule has 2 aliphatic heterocycles. The lowest BCUT2D eigenvalue weighted by atomic mass is 10.1. The first-order valence-electron chi connectivity index (χ1n) is 7.19. The quantitative estimate of drug-likeness (QED) is 0.924. The Morgan fingerprint density at radius 2 is 2.40 bits per heavy atom. The fourth-order valence-electron chi connectivity index (χ4n) is 3.01. The number of thiophene rings is 1. The van der Waals surface area contributed by atoms with Crippen LogP contribution < -0.4 is 5.32 Å². The summed E-state index contributed by atoms with van der Waals surface area (Å²) in [5, 5.41) is 10.2. The molecule has 0 saturated carbocycles. The summed E-state index contributed by atoms with van der Waals surface area (Å²) in [7, 11) is 0. The number of fused-ring (bicyclic) bond motifs is 1. The van der Waals surface area contributed by atoms with Gasteiger partial charge in [0.15, 0.2) is 5.82 Å². The van der Waals surface area contributed by atoms with E-state index in [2.05, 4.69) is 33.4 Å². The molecular formula is C14H18N4OS. The molecule has 1 fully saturated rings. The summed E-state index contributed by atoms with van der Waals surface area (Å²) in [6.45, 7) is 3.95. The molecular weight excluding hydrogens is 272 g/mol. The minimum absolute atomic E-state index is 0.0833. The zero-order chi connectivity index (χ0) is 13.5. The maximum Gasteiger partial charge on any atom is 0.222 e. The first kappa shape index (κ1) is 12.3. The van der Waals surface area contributed by atoms with Gasteiger partial charge in [0, 0.05) is 18.0 Å². The Morgan fingerprint density at radius 1 is 1.45 bits per heavy atom. The fourth-order valence-corrected chi connectivity index (χ4v) is 4.05. The average molecular weight is 290 g/mol. The second-order valence-electron chi connectivity index (χ2n) is 5.44. The molecule has 1 N–H and O–H groups in total. The first-order valence-corrected chi connectivity index (χ1v) is 8.07. The van der Waals surface area contributed by atoms with Gasteiger partial charge in [-0.25, -0.2) is 4.68 Å². The van der Waals surface area contributed by atoms with E-state index in [1.807, 2.05) is 11.3 Å². The van der Waals surface area contributed by atoms with Crippen molar-refractivity contribution in [3.63, 3.8) is 0 Å². The van der Waals surface area contributed by atoms with E-state index in [0.717, 1.165) is 44.2 Å². The van der Waals surface area contributed by atoms with Crippen molar-refractivity contribution in [2.45, 2.75) is 38.3 Å². The van der Waals surface area contributed by atoms with Crippen LogP contribution in [0, 0.1) is 6.92 Å². The molecule has 0 bridgehead atoms. The van der Waals surface area contributed by atoms with Gasteiger partial charge in [-0.1, -0.05) is 0 Å². The molecule has 106 valence electrons. The zero-order valence-corrected chi connectivity index (χ0v) is 12.3. The summed E-state index contributed by atoms with van der Waals surface area (Å²) in [4.78, 5) is 6.04. The fraction of sp³-hybridized carbons (Fsp3) is 0.571. The number of nitrogens with zero attached hydrogens (tertiary/aromatic N) is 3. The molecule has 1 saturated heterocycles. The van der Waals surface area contributed by atoms with Crippen molar-refractivity contribution < 1.29 is 4.74 Å². The van der Waals surface area contributed by atoms with Crippen molar-refractivity contribution in [2.75, 3.05) is 18.5 Å². The van der Waals surface area contributed by atoms with Gasteiger partial charge in [0.25, 0.3) is 0 Å². The molecule has 5 nitrogen and oxygen atoms in total. The second kappa shape index (κ2) is 4.86. The van der Waals surface area contributed by atoms with Gasteiger partial charge in [0.2, 0.25) is 5.95 Å². The lowest BCUT2D eigenvalue weighted by molar-refractivity contribution is 0.105. The Labute approximate surface area is 122 Å². The lowest BCUT2D eigenvalue weighted by Crippen LogP contribution is -2.24. The van der Waals surface area contributed by atoms with Gasteiger partial charge in [0.05, 0.1) is 6.04 Å². The Bertz CT molecular complexity index is 614. The molecule has 0 amide bonds. The Morgan fingerprint density at radius 3 is 3.15 bits per heavy atom. The van der Waals surface area contributed by atoms with Crippen LogP contribution in [-0.4, -0.2) is 27.9 Å². The van der Waals surface area contributed by atoms with E-state index in [4.69, 9.17) is 9.84 Å². The van der Waals surface area contributed by atoms with E-state index < -0.39 is 0 Å². The molecule has 0 radical (unpaired) electrons. The number of anilines is 1. The number of ether oxygens (including phenoxy) is 1. The Balaban J connectivity index is 1.71. The van der Waals surface area contributed by atoms with Crippen LogP contribution in [0.2, 0.25) is 0 Å². The summed E-state index contributed by atoms with van der Waals surface area (Å²) >= 11 is 1.81. The van der Waals surface area contributed by atoms with Gasteiger partial charge in [-0.15, -0.1) is 11.3 Å². The van der Waals surface area contributed by atoms with Crippen LogP contribution in [0.25, 0.3) is 0 Å². The Hall–Kier alpha value is -1.40. The largest absolute Gasteiger partial charge is 0.370 e. The van der Waals surface area contributed by atoms with E-state index >= 15 is 0 Å². The van der Waals surface area contributed by atoms with E-state index in [9.17, 15) is 0 Å². The van der Waals surface area contributed by atoms with Crippen molar-refractivity contribution in [2.24, 2.45) is 0 Å². The molecule has 0 spiro atoms. The van der Waals surface area contributed by atoms with E-state index in [1.165, 1.54) is 10.4 Å². The molecule has 2 unspecified atom stereocenters. The van der Waals surface area contributed by atoms with Crippen LogP contribution in [-0.2, 0) is 4.74 Å². The van der Waals surface area contributed by atoms with Crippen molar-refractivity contribution in [3.8, 4) is 0 Å². The summed E-state index contributed by atoms with van der Waals surface area (Å²) in [5.74, 6) is 1.73. The summed E-state index contributed by atoms with van der Waals surface area (Å²) in [6.07, 6.45) is 3.28. The number of nitrogens with one attached hydrogen (secondary N) is 1. The highest BCUT2D eigenvalue weighted by molar-refractivity contribution is 7.10. The molecule has 2 aliphatic rings. The molecule has 2 atom stereocenters. The molecule has 4 rings (SSSR count).